The number of hydrogen-bond acceptors (Lipinski definition) is 4. The number of nitrogens with zero attached hydrogens (tertiary/aromatic N) is 1. The van der Waals surface area contributed by atoms with Crippen molar-refractivity contribution in [2.24, 2.45) is 0 Å². The summed E-state index contributed by atoms with van der Waals surface area (Å²) in [5, 5.41) is 2.57. The summed E-state index contributed by atoms with van der Waals surface area (Å²) < 4.78 is 0. The molecular weight excluding hydrogens is 248 g/mol. The summed E-state index contributed by atoms with van der Waals surface area (Å²) in [6.07, 6.45) is 0.952. The maximum Gasteiger partial charge on any atom is 0.233 e. The number of amides is 1. The molecule has 0 bridgehead atoms. The van der Waals surface area contributed by atoms with E-state index >= 15 is 0 Å². The summed E-state index contributed by atoms with van der Waals surface area (Å²) >= 11 is 1.54. The molecule has 1 rings (SSSR count). The molecule has 0 saturated carbocycles. The van der Waals surface area contributed by atoms with E-state index in [2.05, 4.69) is 12.2 Å². The van der Waals surface area contributed by atoms with Crippen molar-refractivity contribution in [3.8, 4) is 0 Å². The van der Waals surface area contributed by atoms with Gasteiger partial charge in [-0.3, -0.25) is 14.5 Å². The lowest BCUT2D eigenvalue weighted by Crippen LogP contribution is -2.38. The highest BCUT2D eigenvalue weighted by molar-refractivity contribution is 7.14. The van der Waals surface area contributed by atoms with Crippen LogP contribution >= 0.6 is 11.3 Å². The third kappa shape index (κ3) is 4.23. The van der Waals surface area contributed by atoms with Crippen molar-refractivity contribution in [2.75, 3.05) is 26.7 Å². The Morgan fingerprint density at radius 1 is 1.28 bits per heavy atom. The first-order chi connectivity index (χ1) is 8.60. The van der Waals surface area contributed by atoms with Gasteiger partial charge in [-0.05, 0) is 25.1 Å². The first-order valence-corrected chi connectivity index (χ1v) is 6.97. The van der Waals surface area contributed by atoms with Crippen molar-refractivity contribution >= 4 is 23.0 Å². The molecule has 18 heavy (non-hydrogen) atoms. The van der Waals surface area contributed by atoms with Crippen LogP contribution in [0.25, 0.3) is 0 Å². The number of nitrogens with one attached hydrogen (secondary N) is 1. The second-order valence-corrected chi connectivity index (χ2v) is 5.19. The monoisotopic (exact) mass is 268 g/mol. The summed E-state index contributed by atoms with van der Waals surface area (Å²) in [7, 11) is 1.60. The molecule has 0 aliphatic heterocycles. The Morgan fingerprint density at radius 2 is 2.00 bits per heavy atom. The lowest BCUT2D eigenvalue weighted by atomic mass is 10.3. The number of Topliss-reactive ketones (excluding diaryl/α,β-unsaturated/α-hetero) is 1. The first-order valence-electron chi connectivity index (χ1n) is 6.15. The molecule has 0 aliphatic carbocycles. The topological polar surface area (TPSA) is 49.4 Å². The highest BCUT2D eigenvalue weighted by Crippen LogP contribution is 2.17. The van der Waals surface area contributed by atoms with Gasteiger partial charge in [0.05, 0.1) is 18.0 Å². The number of hydrogen-bond donors (Lipinski definition) is 1. The lowest BCUT2D eigenvalue weighted by Gasteiger charge is -2.17. The molecule has 0 aliphatic rings. The van der Waals surface area contributed by atoms with Crippen molar-refractivity contribution in [1.29, 1.82) is 0 Å². The Labute approximate surface area is 112 Å². The van der Waals surface area contributed by atoms with Crippen molar-refractivity contribution in [3.05, 3.63) is 21.9 Å². The normalized spacial score (nSPS) is 10.7. The zero-order chi connectivity index (χ0) is 13.5. The van der Waals surface area contributed by atoms with Crippen LogP contribution in [0.4, 0.5) is 0 Å². The molecule has 1 amide bonds. The van der Waals surface area contributed by atoms with E-state index in [4.69, 9.17) is 0 Å². The Balaban J connectivity index is 2.58. The fourth-order valence-electron chi connectivity index (χ4n) is 1.56. The molecule has 4 nitrogen and oxygen atoms in total. The summed E-state index contributed by atoms with van der Waals surface area (Å²) in [5.41, 5.74) is 0. The molecule has 0 spiro atoms. The first kappa shape index (κ1) is 14.9. The quantitative estimate of drug-likeness (QED) is 0.764. The average Bonchev–Trinajstić information content (AvgIpc) is 2.86. The maximum atomic E-state index is 12.1. The van der Waals surface area contributed by atoms with Crippen molar-refractivity contribution in [3.63, 3.8) is 0 Å². The minimum Gasteiger partial charge on any atom is -0.358 e. The van der Waals surface area contributed by atoms with E-state index < -0.39 is 0 Å². The summed E-state index contributed by atoms with van der Waals surface area (Å²) in [4.78, 5) is 27.2. The molecule has 0 saturated heterocycles. The number of likely N-dealkylation sites (N-methyl/N-ethyl adjacent to an activating group) is 2. The molecule has 1 heterocycles. The number of rotatable bonds is 7. The van der Waals surface area contributed by atoms with Crippen LogP contribution in [0.1, 0.15) is 28.4 Å². The summed E-state index contributed by atoms with van der Waals surface area (Å²) in [5.74, 6) is 0.0236. The van der Waals surface area contributed by atoms with Crippen LogP contribution in [-0.2, 0) is 11.2 Å². The number of thiophene rings is 1. The van der Waals surface area contributed by atoms with Crippen molar-refractivity contribution in [2.45, 2.75) is 20.3 Å². The fourth-order valence-corrected chi connectivity index (χ4v) is 2.44. The Morgan fingerprint density at radius 3 is 2.50 bits per heavy atom. The zero-order valence-electron chi connectivity index (χ0n) is 11.2. The van der Waals surface area contributed by atoms with Gasteiger partial charge in [-0.2, -0.15) is 0 Å². The number of carbonyl (C=O) groups is 2. The molecule has 1 aromatic heterocycles. The second kappa shape index (κ2) is 7.28. The van der Waals surface area contributed by atoms with Gasteiger partial charge >= 0.3 is 0 Å². The van der Waals surface area contributed by atoms with Gasteiger partial charge in [0.15, 0.2) is 5.78 Å². The van der Waals surface area contributed by atoms with E-state index in [0.717, 1.165) is 11.3 Å². The molecular formula is C13H20N2O2S. The van der Waals surface area contributed by atoms with E-state index in [9.17, 15) is 9.59 Å². The Kier molecular flexibility index (Phi) is 6.01. The van der Waals surface area contributed by atoms with Gasteiger partial charge < -0.3 is 5.32 Å². The lowest BCUT2D eigenvalue weighted by molar-refractivity contribution is -0.121. The molecule has 0 radical (unpaired) electrons. The van der Waals surface area contributed by atoms with Crippen LogP contribution in [0.2, 0.25) is 0 Å². The minimum absolute atomic E-state index is 0.0647. The summed E-state index contributed by atoms with van der Waals surface area (Å²) in [6, 6.07) is 3.87. The summed E-state index contributed by atoms with van der Waals surface area (Å²) in [6.45, 7) is 5.27. The smallest absolute Gasteiger partial charge is 0.233 e. The molecule has 0 fully saturated rings. The van der Waals surface area contributed by atoms with Crippen molar-refractivity contribution < 1.29 is 9.59 Å². The largest absolute Gasteiger partial charge is 0.358 e. The molecule has 100 valence electrons. The highest BCUT2D eigenvalue weighted by Gasteiger charge is 2.15. The van der Waals surface area contributed by atoms with Crippen molar-refractivity contribution in [1.82, 2.24) is 10.2 Å². The van der Waals surface area contributed by atoms with Crippen LogP contribution in [0.3, 0.4) is 0 Å². The van der Waals surface area contributed by atoms with Gasteiger partial charge in [0.25, 0.3) is 0 Å². The van der Waals surface area contributed by atoms with E-state index in [1.165, 1.54) is 4.88 Å². The standard InChI is InChI=1S/C13H20N2O2S/c1-4-10-6-7-12(18-10)11(16)8-15(5-2)9-13(17)14-3/h6-7H,4-5,8-9H2,1-3H3,(H,14,17). The second-order valence-electron chi connectivity index (χ2n) is 4.02. The van der Waals surface area contributed by atoms with E-state index in [0.29, 0.717) is 13.1 Å². The van der Waals surface area contributed by atoms with Crippen LogP contribution in [0.5, 0.6) is 0 Å². The van der Waals surface area contributed by atoms with Gasteiger partial charge in [-0.15, -0.1) is 11.3 Å². The predicted molar refractivity (Wildman–Crippen MR) is 74.2 cm³/mol. The number of aryl methyl sites for hydroxylation is 1. The SMILES string of the molecule is CCc1ccc(C(=O)CN(CC)CC(=O)NC)s1. The van der Waals surface area contributed by atoms with Gasteiger partial charge in [-0.25, -0.2) is 0 Å². The Bertz CT molecular complexity index is 415. The highest BCUT2D eigenvalue weighted by atomic mass is 32.1. The molecule has 1 aromatic rings. The van der Waals surface area contributed by atoms with Gasteiger partial charge in [-0.1, -0.05) is 13.8 Å². The predicted octanol–water partition coefficient (Wildman–Crippen LogP) is 1.56. The van der Waals surface area contributed by atoms with Crippen LogP contribution < -0.4 is 5.32 Å². The van der Waals surface area contributed by atoms with Crippen LogP contribution in [0, 0.1) is 0 Å². The third-order valence-corrected chi connectivity index (χ3v) is 4.02. The minimum atomic E-state index is -0.0647. The zero-order valence-corrected chi connectivity index (χ0v) is 12.0. The van der Waals surface area contributed by atoms with Crippen LogP contribution in [-0.4, -0.2) is 43.3 Å². The molecule has 0 atom stereocenters. The molecule has 1 N–H and O–H groups in total. The third-order valence-electron chi connectivity index (χ3n) is 2.75. The average molecular weight is 268 g/mol. The number of carbonyl (C=O) groups excluding carboxylic acids is 2. The molecule has 0 aromatic carbocycles. The maximum absolute atomic E-state index is 12.1. The van der Waals surface area contributed by atoms with E-state index in [1.54, 1.807) is 18.4 Å². The molecule has 0 unspecified atom stereocenters. The number of ketones is 1. The van der Waals surface area contributed by atoms with Gasteiger partial charge in [0, 0.05) is 11.9 Å². The fraction of sp³-hybridized carbons (Fsp3) is 0.538. The van der Waals surface area contributed by atoms with E-state index in [-0.39, 0.29) is 18.2 Å². The molecule has 5 heteroatoms. The van der Waals surface area contributed by atoms with Crippen LogP contribution in [0.15, 0.2) is 12.1 Å². The Hall–Kier alpha value is -1.20. The van der Waals surface area contributed by atoms with Gasteiger partial charge in [0.1, 0.15) is 0 Å². The van der Waals surface area contributed by atoms with E-state index in [1.807, 2.05) is 24.0 Å². The van der Waals surface area contributed by atoms with Gasteiger partial charge in [0.2, 0.25) is 5.91 Å².